The fraction of sp³-hybridized carbons (Fsp3) is 0.545. The molecule has 9 heteroatoms. The molecule has 5 rings (SSSR count). The smallest absolute Gasteiger partial charge is 0.253 e. The molecule has 1 N–H and O–H groups in total. The summed E-state index contributed by atoms with van der Waals surface area (Å²) in [5.41, 5.74) is 0.912. The van der Waals surface area contributed by atoms with Crippen molar-refractivity contribution in [2.75, 3.05) is 19.9 Å². The van der Waals surface area contributed by atoms with Crippen molar-refractivity contribution in [3.8, 4) is 11.5 Å². The average Bonchev–Trinajstić information content (AvgIpc) is 3.37. The first-order valence-corrected chi connectivity index (χ1v) is 10.8. The summed E-state index contributed by atoms with van der Waals surface area (Å²) in [4.78, 5) is 18.7. The zero-order valence-corrected chi connectivity index (χ0v) is 18.4. The van der Waals surface area contributed by atoms with Crippen LogP contribution in [0.5, 0.6) is 11.5 Å². The first kappa shape index (κ1) is 20.0. The number of pyridine rings is 1. The summed E-state index contributed by atoms with van der Waals surface area (Å²) in [6.45, 7) is 10.4. The number of fused-ring (bicyclic) bond motifs is 2. The molecule has 2 aliphatic rings. The van der Waals surface area contributed by atoms with Gasteiger partial charge in [-0.05, 0) is 75.2 Å². The molecular weight excluding hydrogens is 396 g/mol. The van der Waals surface area contributed by atoms with Crippen LogP contribution in [0.3, 0.4) is 0 Å². The normalized spacial score (nSPS) is 18.6. The van der Waals surface area contributed by atoms with Crippen LogP contribution >= 0.6 is 0 Å². The number of piperidine rings is 1. The molecule has 31 heavy (non-hydrogen) atoms. The van der Waals surface area contributed by atoms with Crippen molar-refractivity contribution in [1.29, 1.82) is 0 Å². The summed E-state index contributed by atoms with van der Waals surface area (Å²) in [7, 11) is 0. The molecular formula is C22H28N6O3. The molecule has 164 valence electrons. The fourth-order valence-electron chi connectivity index (χ4n) is 4.44. The fourth-order valence-corrected chi connectivity index (χ4v) is 4.44. The molecule has 4 heterocycles. The Morgan fingerprint density at radius 3 is 2.55 bits per heavy atom. The topological polar surface area (TPSA) is 98.2 Å². The van der Waals surface area contributed by atoms with E-state index in [1.54, 1.807) is 0 Å². The summed E-state index contributed by atoms with van der Waals surface area (Å²) in [5.74, 6) is 2.69. The predicted molar refractivity (Wildman–Crippen MR) is 115 cm³/mol. The molecule has 1 aromatic carbocycles. The van der Waals surface area contributed by atoms with Gasteiger partial charge in [-0.2, -0.15) is 0 Å². The minimum Gasteiger partial charge on any atom is -0.454 e. The second-order valence-electron chi connectivity index (χ2n) is 9.59. The molecule has 0 radical (unpaired) electrons. The first-order chi connectivity index (χ1) is 14.8. The van der Waals surface area contributed by atoms with Crippen LogP contribution in [-0.4, -0.2) is 50.0 Å². The largest absolute Gasteiger partial charge is 0.454 e. The summed E-state index contributed by atoms with van der Waals surface area (Å²) in [6, 6.07) is 5.35. The number of H-pyrrole nitrogens is 1. The van der Waals surface area contributed by atoms with E-state index in [1.165, 1.54) is 0 Å². The van der Waals surface area contributed by atoms with Crippen LogP contribution in [0.15, 0.2) is 23.0 Å². The Kier molecular flexibility index (Phi) is 4.73. The third kappa shape index (κ3) is 3.56. The lowest BCUT2D eigenvalue weighted by atomic mass is 9.95. The van der Waals surface area contributed by atoms with Crippen molar-refractivity contribution in [1.82, 2.24) is 30.1 Å². The van der Waals surface area contributed by atoms with Gasteiger partial charge in [0.2, 0.25) is 6.79 Å². The minimum absolute atomic E-state index is 0.140. The van der Waals surface area contributed by atoms with Crippen molar-refractivity contribution in [2.24, 2.45) is 5.92 Å². The quantitative estimate of drug-likeness (QED) is 0.690. The SMILES string of the molecule is CC1CCN(C(c2cc3cc4c(cc3[nH]c2=O)OCO4)c2nnnn2C(C)(C)C)CC1. The van der Waals surface area contributed by atoms with E-state index < -0.39 is 0 Å². The van der Waals surface area contributed by atoms with Crippen LogP contribution in [0.1, 0.15) is 58.0 Å². The van der Waals surface area contributed by atoms with Crippen molar-refractivity contribution in [3.63, 3.8) is 0 Å². The maximum atomic E-state index is 13.3. The third-order valence-electron chi connectivity index (χ3n) is 6.22. The molecule has 2 aliphatic heterocycles. The standard InChI is InChI=1S/C22H28N6O3/c1-13-5-7-27(8-6-13)19(20-24-25-26-28(20)22(2,3)4)15-9-14-10-17-18(31-12-30-17)11-16(14)23-21(15)29/h9-11,13,19H,5-8,12H2,1-4H3,(H,23,29). The molecule has 0 amide bonds. The number of hydrogen-bond donors (Lipinski definition) is 1. The number of benzene rings is 1. The van der Waals surface area contributed by atoms with Crippen molar-refractivity contribution < 1.29 is 9.47 Å². The van der Waals surface area contributed by atoms with E-state index in [0.717, 1.165) is 36.8 Å². The second-order valence-corrected chi connectivity index (χ2v) is 9.59. The van der Waals surface area contributed by atoms with Crippen LogP contribution < -0.4 is 15.0 Å². The third-order valence-corrected chi connectivity index (χ3v) is 6.22. The van der Waals surface area contributed by atoms with Gasteiger partial charge in [0.25, 0.3) is 5.56 Å². The number of rotatable bonds is 3. The summed E-state index contributed by atoms with van der Waals surface area (Å²) >= 11 is 0. The van der Waals surface area contributed by atoms with Crippen LogP contribution in [0.25, 0.3) is 10.9 Å². The number of nitrogens with zero attached hydrogens (tertiary/aromatic N) is 5. The van der Waals surface area contributed by atoms with Crippen LogP contribution in [0.2, 0.25) is 0 Å². The van der Waals surface area contributed by atoms with Gasteiger partial charge in [0.05, 0.1) is 11.1 Å². The molecule has 0 spiro atoms. The molecule has 3 aromatic rings. The summed E-state index contributed by atoms with van der Waals surface area (Å²) in [5, 5.41) is 13.5. The number of hydrogen-bond acceptors (Lipinski definition) is 7. The monoisotopic (exact) mass is 424 g/mol. The van der Waals surface area contributed by atoms with E-state index >= 15 is 0 Å². The van der Waals surface area contributed by atoms with E-state index in [-0.39, 0.29) is 23.9 Å². The Hall–Kier alpha value is -2.94. The Bertz CT molecular complexity index is 1170. The summed E-state index contributed by atoms with van der Waals surface area (Å²) in [6.07, 6.45) is 2.16. The molecule has 0 saturated carbocycles. The lowest BCUT2D eigenvalue weighted by molar-refractivity contribution is 0.144. The summed E-state index contributed by atoms with van der Waals surface area (Å²) < 4.78 is 12.8. The molecule has 2 aromatic heterocycles. The molecule has 0 bridgehead atoms. The number of aromatic amines is 1. The Labute approximate surface area is 180 Å². The highest BCUT2D eigenvalue weighted by Gasteiger charge is 2.34. The predicted octanol–water partition coefficient (Wildman–Crippen LogP) is 2.82. The van der Waals surface area contributed by atoms with Gasteiger partial charge in [0.15, 0.2) is 17.3 Å². The lowest BCUT2D eigenvalue weighted by Crippen LogP contribution is -2.41. The average molecular weight is 425 g/mol. The number of tetrazole rings is 1. The van der Waals surface area contributed by atoms with Crippen LogP contribution in [0, 0.1) is 5.92 Å². The van der Waals surface area contributed by atoms with Crippen LogP contribution in [0.4, 0.5) is 0 Å². The Balaban J connectivity index is 1.67. The number of likely N-dealkylation sites (tertiary alicyclic amines) is 1. The Morgan fingerprint density at radius 1 is 1.13 bits per heavy atom. The van der Waals surface area contributed by atoms with E-state index in [9.17, 15) is 4.79 Å². The highest BCUT2D eigenvalue weighted by atomic mass is 16.7. The minimum atomic E-state index is -0.333. The van der Waals surface area contributed by atoms with E-state index in [1.807, 2.05) is 22.9 Å². The molecule has 1 saturated heterocycles. The molecule has 0 aliphatic carbocycles. The first-order valence-electron chi connectivity index (χ1n) is 10.8. The van der Waals surface area contributed by atoms with E-state index in [2.05, 4.69) is 53.1 Å². The lowest BCUT2D eigenvalue weighted by Gasteiger charge is -2.36. The second kappa shape index (κ2) is 7.33. The molecule has 9 nitrogen and oxygen atoms in total. The van der Waals surface area contributed by atoms with Crippen molar-refractivity contribution in [3.05, 3.63) is 39.9 Å². The van der Waals surface area contributed by atoms with Gasteiger partial charge >= 0.3 is 0 Å². The molecule has 1 fully saturated rings. The number of ether oxygens (including phenoxy) is 2. The van der Waals surface area contributed by atoms with Gasteiger partial charge in [-0.3, -0.25) is 9.69 Å². The Morgan fingerprint density at radius 2 is 1.84 bits per heavy atom. The van der Waals surface area contributed by atoms with Crippen LogP contribution in [-0.2, 0) is 5.54 Å². The number of aromatic nitrogens is 5. The maximum Gasteiger partial charge on any atom is 0.253 e. The molecule has 1 atom stereocenters. The van der Waals surface area contributed by atoms with Gasteiger partial charge in [0.1, 0.15) is 6.04 Å². The van der Waals surface area contributed by atoms with Gasteiger partial charge < -0.3 is 14.5 Å². The van der Waals surface area contributed by atoms with Gasteiger partial charge in [-0.15, -0.1) is 5.10 Å². The zero-order valence-electron chi connectivity index (χ0n) is 18.4. The van der Waals surface area contributed by atoms with Gasteiger partial charge in [0, 0.05) is 17.0 Å². The van der Waals surface area contributed by atoms with Crippen molar-refractivity contribution >= 4 is 10.9 Å². The highest BCUT2D eigenvalue weighted by molar-refractivity contribution is 5.83. The van der Waals surface area contributed by atoms with E-state index in [0.29, 0.717) is 28.8 Å². The molecule has 1 unspecified atom stereocenters. The highest BCUT2D eigenvalue weighted by Crippen LogP contribution is 2.37. The zero-order chi connectivity index (χ0) is 21.8. The van der Waals surface area contributed by atoms with Crippen molar-refractivity contribution in [2.45, 2.75) is 52.1 Å². The van der Waals surface area contributed by atoms with Gasteiger partial charge in [-0.1, -0.05) is 6.92 Å². The van der Waals surface area contributed by atoms with Gasteiger partial charge in [-0.25, -0.2) is 4.68 Å². The van der Waals surface area contributed by atoms with E-state index in [4.69, 9.17) is 9.47 Å². The maximum absolute atomic E-state index is 13.3. The number of nitrogens with one attached hydrogen (secondary N) is 1.